The maximum atomic E-state index is 12.5. The highest BCUT2D eigenvalue weighted by atomic mass is 32.1. The van der Waals surface area contributed by atoms with Crippen LogP contribution >= 0.6 is 12.2 Å². The summed E-state index contributed by atoms with van der Waals surface area (Å²) in [5, 5.41) is 0. The molecule has 1 aromatic carbocycles. The predicted molar refractivity (Wildman–Crippen MR) is 111 cm³/mol. The molecule has 4 heteroatoms. The predicted octanol–water partition coefficient (Wildman–Crippen LogP) is 4.91. The Morgan fingerprint density at radius 1 is 1.19 bits per heavy atom. The molecule has 3 nitrogen and oxygen atoms in total. The highest BCUT2D eigenvalue weighted by Crippen LogP contribution is 2.34. The number of hydrogen-bond acceptors (Lipinski definition) is 4. The number of ether oxygens (including phenoxy) is 2. The summed E-state index contributed by atoms with van der Waals surface area (Å²) in [7, 11) is 0. The van der Waals surface area contributed by atoms with E-state index in [9.17, 15) is 4.79 Å². The fraction of sp³-hybridized carbons (Fsp3) is 0.273. The SMILES string of the molecule is C=CCc1ccc(OCC)c(/C=C/C(=O)C2C=CC(=S)C=C2)c1OCC. The third-order valence-corrected chi connectivity index (χ3v) is 4.14. The quantitative estimate of drug-likeness (QED) is 0.353. The molecular formula is C22H24O3S. The second kappa shape index (κ2) is 9.88. The Kier molecular flexibility index (Phi) is 7.54. The fourth-order valence-electron chi connectivity index (χ4n) is 2.68. The van der Waals surface area contributed by atoms with Crippen LogP contribution in [0.5, 0.6) is 11.5 Å². The molecule has 0 bridgehead atoms. The zero-order valence-electron chi connectivity index (χ0n) is 15.2. The Morgan fingerprint density at radius 3 is 2.50 bits per heavy atom. The van der Waals surface area contributed by atoms with E-state index in [4.69, 9.17) is 21.7 Å². The number of carbonyl (C=O) groups excluding carboxylic acids is 1. The van der Waals surface area contributed by atoms with Crippen molar-refractivity contribution in [2.75, 3.05) is 13.2 Å². The molecule has 1 aromatic rings. The zero-order chi connectivity index (χ0) is 18.9. The topological polar surface area (TPSA) is 35.5 Å². The number of benzene rings is 1. The third-order valence-electron chi connectivity index (χ3n) is 3.87. The molecule has 0 atom stereocenters. The minimum atomic E-state index is -0.291. The maximum absolute atomic E-state index is 12.5. The van der Waals surface area contributed by atoms with E-state index < -0.39 is 0 Å². The van der Waals surface area contributed by atoms with E-state index >= 15 is 0 Å². The van der Waals surface area contributed by atoms with E-state index in [1.165, 1.54) is 0 Å². The van der Waals surface area contributed by atoms with Crippen molar-refractivity contribution in [3.05, 3.63) is 66.3 Å². The molecule has 1 aliphatic rings. The van der Waals surface area contributed by atoms with Gasteiger partial charge in [0.2, 0.25) is 0 Å². The van der Waals surface area contributed by atoms with Gasteiger partial charge in [0.15, 0.2) is 5.78 Å². The third kappa shape index (κ3) is 5.02. The molecule has 2 rings (SSSR count). The van der Waals surface area contributed by atoms with Gasteiger partial charge >= 0.3 is 0 Å². The first-order valence-corrected chi connectivity index (χ1v) is 9.16. The molecule has 0 unspecified atom stereocenters. The highest BCUT2D eigenvalue weighted by Gasteiger charge is 2.16. The molecule has 1 aliphatic carbocycles. The summed E-state index contributed by atoms with van der Waals surface area (Å²) in [6.45, 7) is 8.73. The molecule has 136 valence electrons. The van der Waals surface area contributed by atoms with Gasteiger partial charge in [-0.25, -0.2) is 0 Å². The molecule has 0 amide bonds. The Balaban J connectivity index is 2.38. The number of rotatable bonds is 9. The summed E-state index contributed by atoms with van der Waals surface area (Å²) < 4.78 is 11.6. The van der Waals surface area contributed by atoms with Crippen molar-refractivity contribution >= 4 is 28.9 Å². The first-order chi connectivity index (χ1) is 12.6. The van der Waals surface area contributed by atoms with E-state index in [-0.39, 0.29) is 11.7 Å². The fourth-order valence-corrected chi connectivity index (χ4v) is 2.84. The molecule has 0 saturated carbocycles. The second-order valence-electron chi connectivity index (χ2n) is 5.71. The van der Waals surface area contributed by atoms with Crippen molar-refractivity contribution in [1.82, 2.24) is 0 Å². The summed E-state index contributed by atoms with van der Waals surface area (Å²) >= 11 is 5.07. The van der Waals surface area contributed by atoms with Gasteiger partial charge in [-0.2, -0.15) is 0 Å². The summed E-state index contributed by atoms with van der Waals surface area (Å²) in [6.07, 6.45) is 13.1. The van der Waals surface area contributed by atoms with Gasteiger partial charge in [0.1, 0.15) is 11.5 Å². The van der Waals surface area contributed by atoms with Crippen LogP contribution in [0.1, 0.15) is 25.0 Å². The highest BCUT2D eigenvalue weighted by molar-refractivity contribution is 7.81. The summed E-state index contributed by atoms with van der Waals surface area (Å²) in [5.74, 6) is 1.13. The minimum Gasteiger partial charge on any atom is -0.493 e. The molecule has 0 spiro atoms. The normalized spacial score (nSPS) is 14.0. The van der Waals surface area contributed by atoms with Crippen LogP contribution in [0.2, 0.25) is 0 Å². The van der Waals surface area contributed by atoms with Gasteiger partial charge in [0.05, 0.1) is 24.7 Å². The molecule has 0 radical (unpaired) electrons. The maximum Gasteiger partial charge on any atom is 0.166 e. The second-order valence-corrected chi connectivity index (χ2v) is 6.18. The Bertz CT molecular complexity index is 756. The minimum absolute atomic E-state index is 0.0148. The van der Waals surface area contributed by atoms with Gasteiger partial charge in [0, 0.05) is 4.86 Å². The first-order valence-electron chi connectivity index (χ1n) is 8.75. The van der Waals surface area contributed by atoms with Gasteiger partial charge < -0.3 is 9.47 Å². The van der Waals surface area contributed by atoms with Crippen LogP contribution in [0.25, 0.3) is 6.08 Å². The molecule has 0 aromatic heterocycles. The number of hydrogen-bond donors (Lipinski definition) is 0. The molecule has 0 saturated heterocycles. The number of allylic oxidation sites excluding steroid dienone is 6. The number of carbonyl (C=O) groups is 1. The summed E-state index contributed by atoms with van der Waals surface area (Å²) in [5.41, 5.74) is 1.79. The van der Waals surface area contributed by atoms with Gasteiger partial charge in [-0.15, -0.1) is 6.58 Å². The lowest BCUT2D eigenvalue weighted by Crippen LogP contribution is -2.10. The molecule has 0 N–H and O–H groups in total. The van der Waals surface area contributed by atoms with E-state index in [0.717, 1.165) is 21.7 Å². The molecule has 0 fully saturated rings. The van der Waals surface area contributed by atoms with Crippen LogP contribution < -0.4 is 9.47 Å². The standard InChI is InChI=1S/C22H24O3S/c1-4-7-17-10-15-21(24-5-2)19(22(17)25-6-3)13-14-20(23)16-8-11-18(26)12-9-16/h4,8-16H,1,5-7H2,2-3H3/b14-13+. The van der Waals surface area contributed by atoms with E-state index in [0.29, 0.717) is 25.4 Å². The number of thiocarbonyl (C=S) groups is 1. The van der Waals surface area contributed by atoms with Crippen molar-refractivity contribution in [3.63, 3.8) is 0 Å². The molecular weight excluding hydrogens is 344 g/mol. The largest absolute Gasteiger partial charge is 0.493 e. The van der Waals surface area contributed by atoms with E-state index in [1.54, 1.807) is 24.3 Å². The van der Waals surface area contributed by atoms with Crippen LogP contribution in [0.4, 0.5) is 0 Å². The van der Waals surface area contributed by atoms with Crippen LogP contribution in [0.3, 0.4) is 0 Å². The van der Waals surface area contributed by atoms with Crippen LogP contribution in [-0.4, -0.2) is 23.9 Å². The summed E-state index contributed by atoms with van der Waals surface area (Å²) in [4.78, 5) is 13.2. The summed E-state index contributed by atoms with van der Waals surface area (Å²) in [6, 6.07) is 3.89. The van der Waals surface area contributed by atoms with Crippen LogP contribution in [0, 0.1) is 5.92 Å². The van der Waals surface area contributed by atoms with E-state index in [2.05, 4.69) is 6.58 Å². The lowest BCUT2D eigenvalue weighted by Gasteiger charge is -2.16. The first kappa shape index (κ1) is 19.9. The van der Waals surface area contributed by atoms with Gasteiger partial charge in [-0.1, -0.05) is 36.5 Å². The van der Waals surface area contributed by atoms with Crippen molar-refractivity contribution in [3.8, 4) is 11.5 Å². The van der Waals surface area contributed by atoms with Crippen molar-refractivity contribution in [2.24, 2.45) is 5.92 Å². The van der Waals surface area contributed by atoms with Crippen molar-refractivity contribution in [2.45, 2.75) is 20.3 Å². The van der Waals surface area contributed by atoms with Crippen LogP contribution in [0.15, 0.2) is 55.2 Å². The Hall–Kier alpha value is -2.46. The van der Waals surface area contributed by atoms with Crippen LogP contribution in [-0.2, 0) is 11.2 Å². The zero-order valence-corrected chi connectivity index (χ0v) is 16.1. The lowest BCUT2D eigenvalue weighted by molar-refractivity contribution is -0.115. The average Bonchev–Trinajstić information content (AvgIpc) is 2.64. The molecule has 0 heterocycles. The molecule has 26 heavy (non-hydrogen) atoms. The van der Waals surface area contributed by atoms with Gasteiger partial charge in [0.25, 0.3) is 0 Å². The van der Waals surface area contributed by atoms with Gasteiger partial charge in [-0.05, 0) is 56.2 Å². The average molecular weight is 368 g/mol. The Labute approximate surface area is 160 Å². The Morgan fingerprint density at radius 2 is 1.88 bits per heavy atom. The van der Waals surface area contributed by atoms with Gasteiger partial charge in [-0.3, -0.25) is 4.79 Å². The molecule has 0 aliphatic heterocycles. The monoisotopic (exact) mass is 368 g/mol. The van der Waals surface area contributed by atoms with Crippen molar-refractivity contribution < 1.29 is 14.3 Å². The lowest BCUT2D eigenvalue weighted by atomic mass is 9.97. The van der Waals surface area contributed by atoms with Crippen molar-refractivity contribution in [1.29, 1.82) is 0 Å². The number of ketones is 1. The van der Waals surface area contributed by atoms with E-state index in [1.807, 2.05) is 44.2 Å². The smallest absolute Gasteiger partial charge is 0.166 e.